The lowest BCUT2D eigenvalue weighted by Crippen LogP contribution is -2.72. The van der Waals surface area contributed by atoms with Gasteiger partial charge in [-0.15, -0.1) is 0 Å². The number of amides is 1. The van der Waals surface area contributed by atoms with Gasteiger partial charge in [0.2, 0.25) is 5.91 Å². The normalized spacial score (nSPS) is 18.3. The largest absolute Gasteiger partial charge is 0.497 e. The SMILES string of the molecule is COc1cccc(CN2CC3(C2)CN(C(=O)Cc2ccc(F)cc2)C3)c1. The number of methoxy groups -OCH3 is 1. The van der Waals surface area contributed by atoms with Gasteiger partial charge in [-0.25, -0.2) is 4.39 Å². The molecule has 2 fully saturated rings. The minimum atomic E-state index is -0.269. The van der Waals surface area contributed by atoms with Gasteiger partial charge >= 0.3 is 0 Å². The van der Waals surface area contributed by atoms with Crippen molar-refractivity contribution >= 4 is 5.91 Å². The highest BCUT2D eigenvalue weighted by atomic mass is 19.1. The molecule has 2 heterocycles. The fourth-order valence-electron chi connectivity index (χ4n) is 4.07. The predicted octanol–water partition coefficient (Wildman–Crippen LogP) is 2.72. The molecule has 0 bridgehead atoms. The average Bonchev–Trinajstić information content (AvgIpc) is 2.58. The van der Waals surface area contributed by atoms with Crippen LogP contribution in [0.2, 0.25) is 0 Å². The lowest BCUT2D eigenvalue weighted by Gasteiger charge is -2.60. The zero-order valence-electron chi connectivity index (χ0n) is 15.0. The molecule has 136 valence electrons. The third-order valence-electron chi connectivity index (χ3n) is 5.33. The third kappa shape index (κ3) is 3.44. The van der Waals surface area contributed by atoms with Crippen molar-refractivity contribution in [2.45, 2.75) is 13.0 Å². The molecule has 2 aromatic rings. The van der Waals surface area contributed by atoms with Crippen LogP contribution >= 0.6 is 0 Å². The molecule has 1 amide bonds. The third-order valence-corrected chi connectivity index (χ3v) is 5.33. The summed E-state index contributed by atoms with van der Waals surface area (Å²) in [5.74, 6) is 0.752. The maximum Gasteiger partial charge on any atom is 0.227 e. The van der Waals surface area contributed by atoms with Gasteiger partial charge in [-0.3, -0.25) is 9.69 Å². The molecule has 26 heavy (non-hydrogen) atoms. The first-order valence-corrected chi connectivity index (χ1v) is 8.93. The minimum absolute atomic E-state index is 0.133. The summed E-state index contributed by atoms with van der Waals surface area (Å²) in [6, 6.07) is 14.3. The van der Waals surface area contributed by atoms with Gasteiger partial charge in [0, 0.05) is 38.1 Å². The molecule has 2 aromatic carbocycles. The zero-order valence-corrected chi connectivity index (χ0v) is 15.0. The molecule has 0 radical (unpaired) electrons. The Kier molecular flexibility index (Phi) is 4.41. The molecule has 0 aliphatic carbocycles. The first-order chi connectivity index (χ1) is 12.5. The summed E-state index contributed by atoms with van der Waals surface area (Å²) < 4.78 is 18.2. The zero-order chi connectivity index (χ0) is 18.1. The second kappa shape index (κ2) is 6.72. The summed E-state index contributed by atoms with van der Waals surface area (Å²) in [5.41, 5.74) is 2.39. The van der Waals surface area contributed by atoms with Crippen LogP contribution in [0, 0.1) is 11.2 Å². The molecule has 2 aliphatic heterocycles. The van der Waals surface area contributed by atoms with Crippen LogP contribution in [0.3, 0.4) is 0 Å². The van der Waals surface area contributed by atoms with Crippen LogP contribution in [-0.2, 0) is 17.8 Å². The van der Waals surface area contributed by atoms with Crippen LogP contribution in [0.25, 0.3) is 0 Å². The molecule has 5 heteroatoms. The number of ether oxygens (including phenoxy) is 1. The molecule has 2 saturated heterocycles. The summed E-state index contributed by atoms with van der Waals surface area (Å²) >= 11 is 0. The van der Waals surface area contributed by atoms with Crippen molar-refractivity contribution in [1.82, 2.24) is 9.80 Å². The van der Waals surface area contributed by atoms with Crippen molar-refractivity contribution in [2.75, 3.05) is 33.3 Å². The summed E-state index contributed by atoms with van der Waals surface area (Å²) in [5, 5.41) is 0. The van der Waals surface area contributed by atoms with Crippen molar-refractivity contribution in [3.8, 4) is 5.75 Å². The number of likely N-dealkylation sites (tertiary alicyclic amines) is 2. The van der Waals surface area contributed by atoms with E-state index in [2.05, 4.69) is 17.0 Å². The molecule has 4 nitrogen and oxygen atoms in total. The topological polar surface area (TPSA) is 32.8 Å². The predicted molar refractivity (Wildman–Crippen MR) is 97.4 cm³/mol. The van der Waals surface area contributed by atoms with E-state index in [-0.39, 0.29) is 17.1 Å². The second-order valence-corrected chi connectivity index (χ2v) is 7.55. The summed E-state index contributed by atoms with van der Waals surface area (Å²) in [6.45, 7) is 4.65. The number of halogens is 1. The highest BCUT2D eigenvalue weighted by Gasteiger charge is 2.52. The molecule has 0 atom stereocenters. The highest BCUT2D eigenvalue weighted by molar-refractivity contribution is 5.79. The van der Waals surface area contributed by atoms with Crippen molar-refractivity contribution in [1.29, 1.82) is 0 Å². The lowest BCUT2D eigenvalue weighted by molar-refractivity contribution is -0.159. The van der Waals surface area contributed by atoms with E-state index in [1.807, 2.05) is 17.0 Å². The van der Waals surface area contributed by atoms with Crippen LogP contribution < -0.4 is 4.74 Å². The molecule has 0 N–H and O–H groups in total. The second-order valence-electron chi connectivity index (χ2n) is 7.55. The number of rotatable bonds is 5. The standard InChI is InChI=1S/C21H23FN2O2/c1-26-19-4-2-3-17(9-19)11-23-12-21(13-23)14-24(15-21)20(25)10-16-5-7-18(22)8-6-16/h2-9H,10-15H2,1H3. The van der Waals surface area contributed by atoms with E-state index < -0.39 is 0 Å². The Morgan fingerprint density at radius 1 is 1.08 bits per heavy atom. The molecular weight excluding hydrogens is 331 g/mol. The molecule has 2 aliphatic rings. The first kappa shape index (κ1) is 17.0. The van der Waals surface area contributed by atoms with Crippen LogP contribution in [-0.4, -0.2) is 49.0 Å². The Bertz CT molecular complexity index is 792. The van der Waals surface area contributed by atoms with Gasteiger partial charge in [0.1, 0.15) is 11.6 Å². The minimum Gasteiger partial charge on any atom is -0.497 e. The smallest absolute Gasteiger partial charge is 0.227 e. The van der Waals surface area contributed by atoms with Gasteiger partial charge in [0.15, 0.2) is 0 Å². The summed E-state index contributed by atoms with van der Waals surface area (Å²) in [7, 11) is 1.68. The van der Waals surface area contributed by atoms with Crippen molar-refractivity contribution < 1.29 is 13.9 Å². The number of benzene rings is 2. The van der Waals surface area contributed by atoms with E-state index in [1.54, 1.807) is 19.2 Å². The Labute approximate surface area is 153 Å². The molecule has 1 spiro atoms. The van der Waals surface area contributed by atoms with Crippen LogP contribution in [0.15, 0.2) is 48.5 Å². The molecule has 0 aromatic heterocycles. The van der Waals surface area contributed by atoms with Gasteiger partial charge in [0.05, 0.1) is 13.5 Å². The number of hydrogen-bond donors (Lipinski definition) is 0. The molecule has 0 unspecified atom stereocenters. The van der Waals surface area contributed by atoms with Gasteiger partial charge in [-0.05, 0) is 35.4 Å². The van der Waals surface area contributed by atoms with Crippen LogP contribution in [0.1, 0.15) is 11.1 Å². The number of carbonyl (C=O) groups excluding carboxylic acids is 1. The van der Waals surface area contributed by atoms with Gasteiger partial charge in [-0.2, -0.15) is 0 Å². The van der Waals surface area contributed by atoms with E-state index in [9.17, 15) is 9.18 Å². The lowest BCUT2D eigenvalue weighted by atomic mass is 9.72. The monoisotopic (exact) mass is 354 g/mol. The van der Waals surface area contributed by atoms with E-state index in [0.717, 1.165) is 44.0 Å². The van der Waals surface area contributed by atoms with E-state index in [1.165, 1.54) is 17.7 Å². The maximum atomic E-state index is 12.9. The van der Waals surface area contributed by atoms with E-state index in [4.69, 9.17) is 4.74 Å². The fourth-order valence-corrected chi connectivity index (χ4v) is 4.07. The van der Waals surface area contributed by atoms with Gasteiger partial charge < -0.3 is 9.64 Å². The van der Waals surface area contributed by atoms with Crippen molar-refractivity contribution in [3.63, 3.8) is 0 Å². The quantitative estimate of drug-likeness (QED) is 0.828. The first-order valence-electron chi connectivity index (χ1n) is 8.93. The Morgan fingerprint density at radius 2 is 1.81 bits per heavy atom. The molecule has 0 saturated carbocycles. The van der Waals surface area contributed by atoms with Crippen LogP contribution in [0.4, 0.5) is 4.39 Å². The highest BCUT2D eigenvalue weighted by Crippen LogP contribution is 2.40. The summed E-state index contributed by atoms with van der Waals surface area (Å²) in [4.78, 5) is 16.7. The van der Waals surface area contributed by atoms with E-state index in [0.29, 0.717) is 6.42 Å². The Balaban J connectivity index is 1.24. The average molecular weight is 354 g/mol. The number of carbonyl (C=O) groups is 1. The van der Waals surface area contributed by atoms with E-state index >= 15 is 0 Å². The number of hydrogen-bond acceptors (Lipinski definition) is 3. The van der Waals surface area contributed by atoms with Gasteiger partial charge in [0.25, 0.3) is 0 Å². The van der Waals surface area contributed by atoms with Crippen LogP contribution in [0.5, 0.6) is 5.75 Å². The van der Waals surface area contributed by atoms with Crippen molar-refractivity contribution in [2.24, 2.45) is 5.41 Å². The fraction of sp³-hybridized carbons (Fsp3) is 0.381. The Morgan fingerprint density at radius 3 is 2.50 bits per heavy atom. The van der Waals surface area contributed by atoms with Gasteiger partial charge in [-0.1, -0.05) is 24.3 Å². The Hall–Kier alpha value is -2.40. The number of nitrogens with zero attached hydrogens (tertiary/aromatic N) is 2. The maximum absolute atomic E-state index is 12.9. The van der Waals surface area contributed by atoms with Crippen molar-refractivity contribution in [3.05, 3.63) is 65.5 Å². The molecule has 4 rings (SSSR count). The molecular formula is C21H23FN2O2. The summed E-state index contributed by atoms with van der Waals surface area (Å²) in [6.07, 6.45) is 0.351.